The molecule has 7 heteroatoms. The van der Waals surface area contributed by atoms with E-state index in [4.69, 9.17) is 0 Å². The maximum atomic E-state index is 14.0. The van der Waals surface area contributed by atoms with Gasteiger partial charge in [0.2, 0.25) is 5.91 Å². The van der Waals surface area contributed by atoms with Crippen LogP contribution >= 0.6 is 0 Å². The Kier molecular flexibility index (Phi) is 5.70. The molecule has 0 unspecified atom stereocenters. The third kappa shape index (κ3) is 4.40. The molecular weight excluding hydrogens is 414 g/mol. The zero-order valence-corrected chi connectivity index (χ0v) is 18.9. The first-order valence-electron chi connectivity index (χ1n) is 11.6. The van der Waals surface area contributed by atoms with Crippen molar-refractivity contribution in [1.82, 2.24) is 25.0 Å². The molecular formula is C26H29N5O2. The lowest BCUT2D eigenvalue weighted by molar-refractivity contribution is -0.122. The summed E-state index contributed by atoms with van der Waals surface area (Å²) in [5, 5.41) is 7.43. The van der Waals surface area contributed by atoms with E-state index < -0.39 is 5.54 Å². The van der Waals surface area contributed by atoms with E-state index in [2.05, 4.69) is 39.4 Å². The molecule has 2 amide bonds. The van der Waals surface area contributed by atoms with Gasteiger partial charge in [-0.05, 0) is 55.9 Å². The summed E-state index contributed by atoms with van der Waals surface area (Å²) in [4.78, 5) is 32.4. The quantitative estimate of drug-likeness (QED) is 0.657. The van der Waals surface area contributed by atoms with Crippen LogP contribution in [0.1, 0.15) is 54.1 Å². The molecule has 1 aromatic heterocycles. The number of carbonyl (C=O) groups excluding carboxylic acids is 2. The number of rotatable bonds is 5. The Morgan fingerprint density at radius 3 is 2.76 bits per heavy atom. The third-order valence-corrected chi connectivity index (χ3v) is 6.96. The number of hydrogen-bond donors (Lipinski definition) is 1. The van der Waals surface area contributed by atoms with Crippen molar-refractivity contribution < 1.29 is 9.59 Å². The van der Waals surface area contributed by atoms with Gasteiger partial charge < -0.3 is 10.2 Å². The van der Waals surface area contributed by atoms with Crippen LogP contribution in [0.4, 0.5) is 0 Å². The normalized spacial score (nSPS) is 24.8. The van der Waals surface area contributed by atoms with Crippen LogP contribution in [-0.4, -0.2) is 49.1 Å². The van der Waals surface area contributed by atoms with Crippen molar-refractivity contribution in [3.8, 4) is 0 Å². The summed E-state index contributed by atoms with van der Waals surface area (Å²) in [6.45, 7) is 2.67. The highest BCUT2D eigenvalue weighted by atomic mass is 16.2. The summed E-state index contributed by atoms with van der Waals surface area (Å²) in [5.74, 6) is 0.115. The van der Waals surface area contributed by atoms with Crippen molar-refractivity contribution in [1.29, 1.82) is 0 Å². The topological polar surface area (TPSA) is 80.1 Å². The fraction of sp³-hybridized carbons (Fsp3) is 0.385. The van der Waals surface area contributed by atoms with Crippen LogP contribution in [0, 0.1) is 0 Å². The van der Waals surface area contributed by atoms with E-state index in [1.807, 2.05) is 42.5 Å². The van der Waals surface area contributed by atoms with Crippen LogP contribution < -0.4 is 5.32 Å². The molecule has 170 valence electrons. The van der Waals surface area contributed by atoms with Crippen LogP contribution in [0.25, 0.3) is 0 Å². The number of likely N-dealkylation sites (tertiary alicyclic amines) is 1. The molecule has 7 nitrogen and oxygen atoms in total. The van der Waals surface area contributed by atoms with Crippen molar-refractivity contribution in [2.24, 2.45) is 0 Å². The van der Waals surface area contributed by atoms with Gasteiger partial charge in [0, 0.05) is 18.0 Å². The number of nitrogens with one attached hydrogen (secondary N) is 1. The fourth-order valence-electron chi connectivity index (χ4n) is 5.53. The van der Waals surface area contributed by atoms with Crippen LogP contribution in [0.15, 0.2) is 67.3 Å². The summed E-state index contributed by atoms with van der Waals surface area (Å²) in [5.41, 5.74) is 2.46. The smallest absolute Gasteiger partial charge is 0.254 e. The number of nitrogens with zero attached hydrogens (tertiary/aromatic N) is 4. The molecule has 1 N–H and O–H groups in total. The Hall–Kier alpha value is -3.48. The highest BCUT2D eigenvalue weighted by Gasteiger charge is 2.52. The van der Waals surface area contributed by atoms with Crippen LogP contribution in [0.5, 0.6) is 0 Å². The van der Waals surface area contributed by atoms with Gasteiger partial charge in [-0.2, -0.15) is 5.10 Å². The Morgan fingerprint density at radius 2 is 1.97 bits per heavy atom. The number of aromatic nitrogens is 3. The molecule has 3 atom stereocenters. The second-order valence-corrected chi connectivity index (χ2v) is 9.43. The minimum atomic E-state index is -0.416. The molecule has 2 aromatic carbocycles. The first-order chi connectivity index (χ1) is 16.0. The van der Waals surface area contributed by atoms with Crippen molar-refractivity contribution in [2.75, 3.05) is 0 Å². The predicted molar refractivity (Wildman–Crippen MR) is 124 cm³/mol. The molecule has 2 aliphatic rings. The zero-order valence-electron chi connectivity index (χ0n) is 18.9. The lowest BCUT2D eigenvalue weighted by Gasteiger charge is -2.35. The molecule has 0 spiro atoms. The van der Waals surface area contributed by atoms with E-state index in [9.17, 15) is 9.59 Å². The molecule has 5 rings (SSSR count). The van der Waals surface area contributed by atoms with Gasteiger partial charge in [-0.3, -0.25) is 9.59 Å². The first kappa shape index (κ1) is 21.4. The number of amides is 2. The van der Waals surface area contributed by atoms with Gasteiger partial charge in [-0.25, -0.2) is 9.67 Å². The zero-order chi connectivity index (χ0) is 22.8. The first-order valence-corrected chi connectivity index (χ1v) is 11.6. The van der Waals surface area contributed by atoms with Gasteiger partial charge in [-0.15, -0.1) is 0 Å². The van der Waals surface area contributed by atoms with Gasteiger partial charge >= 0.3 is 0 Å². The monoisotopic (exact) mass is 443 g/mol. The van der Waals surface area contributed by atoms with Crippen molar-refractivity contribution in [3.05, 3.63) is 83.9 Å². The van der Waals surface area contributed by atoms with Crippen molar-refractivity contribution in [3.63, 3.8) is 0 Å². The fourth-order valence-corrected chi connectivity index (χ4v) is 5.53. The molecule has 33 heavy (non-hydrogen) atoms. The van der Waals surface area contributed by atoms with E-state index in [0.717, 1.165) is 31.2 Å². The van der Waals surface area contributed by atoms with Crippen LogP contribution in [0.2, 0.25) is 0 Å². The summed E-state index contributed by atoms with van der Waals surface area (Å²) >= 11 is 0. The van der Waals surface area contributed by atoms with Gasteiger partial charge in [0.15, 0.2) is 0 Å². The van der Waals surface area contributed by atoms with E-state index in [1.165, 1.54) is 11.9 Å². The standard InChI is InChI=1S/C26H29N5O2/c1-26-15-22(14-19-7-3-2-4-8-19)31(23(26)11-6-12-24(32)29-26)25(33)21-10-5-9-20(13-21)16-30-18-27-17-28-30/h2-5,7-10,13,17-18,22-23H,6,11-12,14-16H2,1H3,(H,29,32)/t22-,23+,26+/m1/s1. The number of hydrogen-bond acceptors (Lipinski definition) is 4. The Balaban J connectivity index is 1.47. The van der Waals surface area contributed by atoms with Crippen molar-refractivity contribution >= 4 is 11.8 Å². The minimum absolute atomic E-state index is 0.0206. The summed E-state index contributed by atoms with van der Waals surface area (Å²) < 4.78 is 1.75. The highest BCUT2D eigenvalue weighted by Crippen LogP contribution is 2.40. The summed E-state index contributed by atoms with van der Waals surface area (Å²) in [6.07, 6.45) is 6.84. The average molecular weight is 444 g/mol. The minimum Gasteiger partial charge on any atom is -0.349 e. The summed E-state index contributed by atoms with van der Waals surface area (Å²) in [7, 11) is 0. The van der Waals surface area contributed by atoms with E-state index in [-0.39, 0.29) is 23.9 Å². The van der Waals surface area contributed by atoms with Crippen LogP contribution in [-0.2, 0) is 17.8 Å². The number of fused-ring (bicyclic) bond motifs is 1. The van der Waals surface area contributed by atoms with E-state index in [1.54, 1.807) is 11.0 Å². The SMILES string of the molecule is C[C@]12C[C@@H](Cc3ccccc3)N(C(=O)c3cccc(Cn4cncn4)c3)[C@H]1CCCC(=O)N2. The second kappa shape index (κ2) is 8.81. The van der Waals surface area contributed by atoms with Crippen molar-refractivity contribution in [2.45, 2.75) is 63.2 Å². The largest absolute Gasteiger partial charge is 0.349 e. The Morgan fingerprint density at radius 1 is 1.15 bits per heavy atom. The lowest BCUT2D eigenvalue weighted by Crippen LogP contribution is -2.54. The molecule has 0 saturated carbocycles. The highest BCUT2D eigenvalue weighted by molar-refractivity contribution is 5.95. The van der Waals surface area contributed by atoms with E-state index in [0.29, 0.717) is 18.5 Å². The predicted octanol–water partition coefficient (Wildman–Crippen LogP) is 3.21. The molecule has 0 aliphatic carbocycles. The van der Waals surface area contributed by atoms with Gasteiger partial charge in [0.1, 0.15) is 12.7 Å². The van der Waals surface area contributed by atoms with Gasteiger partial charge in [0.05, 0.1) is 18.1 Å². The second-order valence-electron chi connectivity index (χ2n) is 9.43. The molecule has 3 heterocycles. The van der Waals surface area contributed by atoms with Gasteiger partial charge in [0.25, 0.3) is 5.91 Å². The molecule has 3 aromatic rings. The number of carbonyl (C=O) groups is 2. The molecule has 2 fully saturated rings. The third-order valence-electron chi connectivity index (χ3n) is 6.96. The average Bonchev–Trinajstić information content (AvgIpc) is 3.36. The summed E-state index contributed by atoms with van der Waals surface area (Å²) in [6, 6.07) is 18.1. The molecule has 2 aliphatic heterocycles. The maximum absolute atomic E-state index is 14.0. The van der Waals surface area contributed by atoms with Crippen LogP contribution in [0.3, 0.4) is 0 Å². The van der Waals surface area contributed by atoms with Gasteiger partial charge in [-0.1, -0.05) is 42.5 Å². The Bertz CT molecular complexity index is 1130. The molecule has 0 radical (unpaired) electrons. The molecule has 0 bridgehead atoms. The number of benzene rings is 2. The molecule has 2 saturated heterocycles. The lowest BCUT2D eigenvalue weighted by atomic mass is 9.88. The maximum Gasteiger partial charge on any atom is 0.254 e. The van der Waals surface area contributed by atoms with E-state index >= 15 is 0 Å². The Labute approximate surface area is 193 Å².